The molecule has 0 spiro atoms. The highest BCUT2D eigenvalue weighted by Gasteiger charge is 2.32. The first-order valence-electron chi connectivity index (χ1n) is 8.56. The number of halogens is 1. The molecule has 3 rings (SSSR count). The van der Waals surface area contributed by atoms with Crippen LogP contribution >= 0.6 is 11.6 Å². The molecule has 7 heteroatoms. The van der Waals surface area contributed by atoms with Crippen molar-refractivity contribution >= 4 is 29.1 Å². The van der Waals surface area contributed by atoms with E-state index in [4.69, 9.17) is 21.1 Å². The molecule has 0 aliphatic carbocycles. The van der Waals surface area contributed by atoms with Gasteiger partial charge in [-0.05, 0) is 29.8 Å². The lowest BCUT2D eigenvalue weighted by molar-refractivity contribution is -0.121. The number of anilines is 1. The van der Waals surface area contributed by atoms with Crippen molar-refractivity contribution in [3.8, 4) is 11.5 Å². The minimum atomic E-state index is -0.231. The maximum Gasteiger partial charge on any atom is 0.229 e. The minimum absolute atomic E-state index is 0.0426. The van der Waals surface area contributed by atoms with Crippen molar-refractivity contribution in [3.05, 3.63) is 53.1 Å². The standard InChI is InChI=1S/C20H21ClN2O4/c1-26-17-8-7-16(11-18(17)27-2)23-12-15(10-20(23)25)22-19(24)9-13-3-5-14(21)6-4-13/h3-8,11,15H,9-10,12H2,1-2H3,(H,22,24). The molecule has 1 N–H and O–H groups in total. The van der Waals surface area contributed by atoms with Gasteiger partial charge < -0.3 is 19.7 Å². The van der Waals surface area contributed by atoms with Crippen LogP contribution in [-0.2, 0) is 16.0 Å². The topological polar surface area (TPSA) is 67.9 Å². The van der Waals surface area contributed by atoms with Gasteiger partial charge in [0.15, 0.2) is 11.5 Å². The summed E-state index contributed by atoms with van der Waals surface area (Å²) in [6.45, 7) is 0.417. The van der Waals surface area contributed by atoms with Crippen molar-refractivity contribution in [2.45, 2.75) is 18.9 Å². The summed E-state index contributed by atoms with van der Waals surface area (Å²) in [4.78, 5) is 26.3. The number of carbonyl (C=O) groups is 2. The van der Waals surface area contributed by atoms with E-state index in [2.05, 4.69) is 5.32 Å². The first-order chi connectivity index (χ1) is 13.0. The number of hydrogen-bond acceptors (Lipinski definition) is 4. The quantitative estimate of drug-likeness (QED) is 0.826. The van der Waals surface area contributed by atoms with E-state index in [0.717, 1.165) is 5.56 Å². The number of ether oxygens (including phenoxy) is 2. The van der Waals surface area contributed by atoms with Crippen molar-refractivity contribution in [3.63, 3.8) is 0 Å². The van der Waals surface area contributed by atoms with Gasteiger partial charge in [0, 0.05) is 29.7 Å². The molecule has 1 fully saturated rings. The van der Waals surface area contributed by atoms with E-state index >= 15 is 0 Å². The Morgan fingerprint density at radius 2 is 1.85 bits per heavy atom. The van der Waals surface area contributed by atoms with Gasteiger partial charge in [0.25, 0.3) is 0 Å². The first kappa shape index (κ1) is 19.0. The number of amides is 2. The number of nitrogens with one attached hydrogen (secondary N) is 1. The maximum atomic E-state index is 12.4. The van der Waals surface area contributed by atoms with Gasteiger partial charge in [0.05, 0.1) is 26.7 Å². The summed E-state index contributed by atoms with van der Waals surface area (Å²) in [5, 5.41) is 3.56. The smallest absolute Gasteiger partial charge is 0.229 e. The Balaban J connectivity index is 1.63. The predicted molar refractivity (Wildman–Crippen MR) is 104 cm³/mol. The third-order valence-corrected chi connectivity index (χ3v) is 4.70. The Morgan fingerprint density at radius 1 is 1.15 bits per heavy atom. The van der Waals surface area contributed by atoms with E-state index in [1.54, 1.807) is 49.5 Å². The van der Waals surface area contributed by atoms with Crippen LogP contribution in [0.3, 0.4) is 0 Å². The fourth-order valence-corrected chi connectivity index (χ4v) is 3.24. The molecule has 142 valence electrons. The van der Waals surface area contributed by atoms with E-state index in [9.17, 15) is 9.59 Å². The summed E-state index contributed by atoms with van der Waals surface area (Å²) in [6, 6.07) is 12.2. The highest BCUT2D eigenvalue weighted by Crippen LogP contribution is 2.33. The predicted octanol–water partition coefficient (Wildman–Crippen LogP) is 2.82. The zero-order valence-corrected chi connectivity index (χ0v) is 16.0. The summed E-state index contributed by atoms with van der Waals surface area (Å²) in [5.41, 5.74) is 1.59. The zero-order valence-electron chi connectivity index (χ0n) is 15.2. The number of rotatable bonds is 6. The molecule has 2 aromatic carbocycles. The number of carbonyl (C=O) groups excluding carboxylic acids is 2. The Labute approximate surface area is 163 Å². The number of hydrogen-bond donors (Lipinski definition) is 1. The second kappa shape index (κ2) is 8.31. The highest BCUT2D eigenvalue weighted by molar-refractivity contribution is 6.30. The third kappa shape index (κ3) is 4.52. The van der Waals surface area contributed by atoms with Crippen LogP contribution in [0.15, 0.2) is 42.5 Å². The van der Waals surface area contributed by atoms with Crippen molar-refractivity contribution in [1.82, 2.24) is 5.32 Å². The van der Waals surface area contributed by atoms with Gasteiger partial charge in [-0.1, -0.05) is 23.7 Å². The van der Waals surface area contributed by atoms with Gasteiger partial charge in [-0.25, -0.2) is 0 Å². The molecule has 1 saturated heterocycles. The van der Waals surface area contributed by atoms with Crippen LogP contribution in [0, 0.1) is 0 Å². The van der Waals surface area contributed by atoms with Gasteiger partial charge in [0.1, 0.15) is 0 Å². The lowest BCUT2D eigenvalue weighted by atomic mass is 10.1. The van der Waals surface area contributed by atoms with Crippen LogP contribution in [0.5, 0.6) is 11.5 Å². The van der Waals surface area contributed by atoms with Crippen LogP contribution in [0.25, 0.3) is 0 Å². The molecule has 0 bridgehead atoms. The van der Waals surface area contributed by atoms with Gasteiger partial charge in [-0.15, -0.1) is 0 Å². The van der Waals surface area contributed by atoms with Gasteiger partial charge >= 0.3 is 0 Å². The second-order valence-corrected chi connectivity index (χ2v) is 6.75. The van der Waals surface area contributed by atoms with E-state index < -0.39 is 0 Å². The fourth-order valence-electron chi connectivity index (χ4n) is 3.11. The summed E-state index contributed by atoms with van der Waals surface area (Å²) >= 11 is 5.86. The van der Waals surface area contributed by atoms with Crippen molar-refractivity contribution in [2.24, 2.45) is 0 Å². The van der Waals surface area contributed by atoms with E-state index in [0.29, 0.717) is 28.8 Å². The van der Waals surface area contributed by atoms with Gasteiger partial charge in [-0.2, -0.15) is 0 Å². The summed E-state index contributed by atoms with van der Waals surface area (Å²) in [7, 11) is 3.11. The summed E-state index contributed by atoms with van der Waals surface area (Å²) < 4.78 is 10.5. The molecule has 1 aliphatic rings. The lowest BCUT2D eigenvalue weighted by Gasteiger charge is -2.19. The third-order valence-electron chi connectivity index (χ3n) is 4.45. The zero-order chi connectivity index (χ0) is 19.4. The Morgan fingerprint density at radius 3 is 2.52 bits per heavy atom. The monoisotopic (exact) mass is 388 g/mol. The second-order valence-electron chi connectivity index (χ2n) is 6.32. The van der Waals surface area contributed by atoms with Crippen molar-refractivity contribution < 1.29 is 19.1 Å². The van der Waals surface area contributed by atoms with E-state index in [1.807, 2.05) is 12.1 Å². The molecule has 0 radical (unpaired) electrons. The molecule has 27 heavy (non-hydrogen) atoms. The number of nitrogens with zero attached hydrogens (tertiary/aromatic N) is 1. The van der Waals surface area contributed by atoms with Crippen molar-refractivity contribution in [1.29, 1.82) is 0 Å². The molecule has 0 saturated carbocycles. The SMILES string of the molecule is COc1ccc(N2CC(NC(=O)Cc3ccc(Cl)cc3)CC2=O)cc1OC. The van der Waals surface area contributed by atoms with Crippen LogP contribution in [0.4, 0.5) is 5.69 Å². The Hall–Kier alpha value is -2.73. The average molecular weight is 389 g/mol. The molecule has 1 atom stereocenters. The summed E-state index contributed by atoms with van der Waals surface area (Å²) in [5.74, 6) is 0.988. The molecule has 0 aromatic heterocycles. The minimum Gasteiger partial charge on any atom is -0.493 e. The van der Waals surface area contributed by atoms with Crippen LogP contribution in [0.1, 0.15) is 12.0 Å². The molecule has 1 heterocycles. The molecule has 2 amide bonds. The average Bonchev–Trinajstić information content (AvgIpc) is 3.02. The highest BCUT2D eigenvalue weighted by atomic mass is 35.5. The van der Waals surface area contributed by atoms with Crippen molar-refractivity contribution in [2.75, 3.05) is 25.7 Å². The van der Waals surface area contributed by atoms with Crippen LogP contribution in [0.2, 0.25) is 5.02 Å². The van der Waals surface area contributed by atoms with E-state index in [-0.39, 0.29) is 30.7 Å². The fraction of sp³-hybridized carbons (Fsp3) is 0.300. The summed E-state index contributed by atoms with van der Waals surface area (Å²) in [6.07, 6.45) is 0.513. The maximum absolute atomic E-state index is 12.4. The van der Waals surface area contributed by atoms with Gasteiger partial charge in [0.2, 0.25) is 11.8 Å². The molecule has 2 aromatic rings. The number of benzene rings is 2. The molecule has 6 nitrogen and oxygen atoms in total. The van der Waals surface area contributed by atoms with Crippen LogP contribution in [-0.4, -0.2) is 38.6 Å². The van der Waals surface area contributed by atoms with E-state index in [1.165, 1.54) is 0 Å². The Kier molecular flexibility index (Phi) is 5.86. The lowest BCUT2D eigenvalue weighted by Crippen LogP contribution is -2.38. The van der Waals surface area contributed by atoms with Crippen LogP contribution < -0.4 is 19.7 Å². The number of methoxy groups -OCH3 is 2. The largest absolute Gasteiger partial charge is 0.493 e. The molecule has 1 unspecified atom stereocenters. The van der Waals surface area contributed by atoms with Gasteiger partial charge in [-0.3, -0.25) is 9.59 Å². The molecular formula is C20H21ClN2O4. The molecule has 1 aliphatic heterocycles. The normalized spacial score (nSPS) is 16.3. The molecular weight excluding hydrogens is 368 g/mol. The Bertz CT molecular complexity index is 838. The first-order valence-corrected chi connectivity index (χ1v) is 8.94.